The van der Waals surface area contributed by atoms with Crippen LogP contribution in [-0.2, 0) is 14.3 Å². The predicted octanol–water partition coefficient (Wildman–Crippen LogP) is 2.59. The van der Waals surface area contributed by atoms with E-state index >= 15 is 0 Å². The van der Waals surface area contributed by atoms with Gasteiger partial charge in [-0.1, -0.05) is 13.8 Å². The van der Waals surface area contributed by atoms with E-state index in [0.717, 1.165) is 0 Å². The highest BCUT2D eigenvalue weighted by molar-refractivity contribution is 5.71. The van der Waals surface area contributed by atoms with E-state index in [1.807, 2.05) is 34.6 Å². The first-order chi connectivity index (χ1) is 8.69. The lowest BCUT2D eigenvalue weighted by Gasteiger charge is -2.33. The smallest absolute Gasteiger partial charge is 0.410 e. The van der Waals surface area contributed by atoms with Crippen LogP contribution in [0.5, 0.6) is 0 Å². The van der Waals surface area contributed by atoms with Gasteiger partial charge in [0, 0.05) is 25.9 Å². The van der Waals surface area contributed by atoms with E-state index in [4.69, 9.17) is 9.47 Å². The van der Waals surface area contributed by atoms with E-state index in [2.05, 4.69) is 0 Å². The van der Waals surface area contributed by atoms with Crippen molar-refractivity contribution in [2.45, 2.75) is 59.2 Å². The molecule has 1 heterocycles. The Morgan fingerprint density at radius 2 is 1.68 bits per heavy atom. The first-order valence-electron chi connectivity index (χ1n) is 6.87. The van der Waals surface area contributed by atoms with Crippen LogP contribution < -0.4 is 0 Å². The Bertz CT molecular complexity index is 325. The van der Waals surface area contributed by atoms with Gasteiger partial charge in [-0.2, -0.15) is 0 Å². The predicted molar refractivity (Wildman–Crippen MR) is 71.8 cm³/mol. The first kappa shape index (κ1) is 15.8. The molecule has 0 spiro atoms. The van der Waals surface area contributed by atoms with Crippen LogP contribution in [0.4, 0.5) is 4.79 Å². The third kappa shape index (κ3) is 5.49. The van der Waals surface area contributed by atoms with Gasteiger partial charge in [0.1, 0.15) is 11.7 Å². The average molecular weight is 271 g/mol. The van der Waals surface area contributed by atoms with E-state index in [-0.39, 0.29) is 24.1 Å². The van der Waals surface area contributed by atoms with Gasteiger partial charge in [0.2, 0.25) is 0 Å². The number of rotatable bonds is 2. The Kier molecular flexibility index (Phi) is 5.20. The van der Waals surface area contributed by atoms with Crippen molar-refractivity contribution in [1.29, 1.82) is 0 Å². The van der Waals surface area contributed by atoms with E-state index in [0.29, 0.717) is 25.9 Å². The highest BCUT2D eigenvalue weighted by Gasteiger charge is 2.28. The van der Waals surface area contributed by atoms with Crippen molar-refractivity contribution in [2.75, 3.05) is 13.1 Å². The molecule has 0 N–H and O–H groups in total. The minimum atomic E-state index is -0.474. The third-order valence-electron chi connectivity index (χ3n) is 2.85. The van der Waals surface area contributed by atoms with Crippen LogP contribution in [0.3, 0.4) is 0 Å². The number of hydrogen-bond acceptors (Lipinski definition) is 4. The van der Waals surface area contributed by atoms with Crippen LogP contribution in [0.1, 0.15) is 47.5 Å². The molecule has 1 amide bonds. The molecule has 1 fully saturated rings. The summed E-state index contributed by atoms with van der Waals surface area (Å²) in [5, 5.41) is 0. The average Bonchev–Trinajstić information content (AvgIpc) is 2.27. The summed E-state index contributed by atoms with van der Waals surface area (Å²) in [5.74, 6) is -0.278. The molecule has 1 aliphatic heterocycles. The fourth-order valence-corrected chi connectivity index (χ4v) is 1.78. The van der Waals surface area contributed by atoms with Gasteiger partial charge >= 0.3 is 12.1 Å². The van der Waals surface area contributed by atoms with Crippen LogP contribution in [0.25, 0.3) is 0 Å². The normalized spacial score (nSPS) is 17.5. The molecule has 0 bridgehead atoms. The van der Waals surface area contributed by atoms with E-state index in [1.54, 1.807) is 4.90 Å². The van der Waals surface area contributed by atoms with Gasteiger partial charge in [0.15, 0.2) is 0 Å². The largest absolute Gasteiger partial charge is 0.462 e. The van der Waals surface area contributed by atoms with Crippen LogP contribution in [0, 0.1) is 5.92 Å². The van der Waals surface area contributed by atoms with Crippen LogP contribution in [-0.4, -0.2) is 41.8 Å². The molecular weight excluding hydrogens is 246 g/mol. The van der Waals surface area contributed by atoms with Gasteiger partial charge in [-0.3, -0.25) is 4.79 Å². The Balaban J connectivity index is 2.37. The maximum absolute atomic E-state index is 11.8. The SMILES string of the molecule is CC(C)C(=O)OC1CCN(C(=O)OC(C)(C)C)CC1. The molecule has 1 saturated heterocycles. The Hall–Kier alpha value is -1.26. The fourth-order valence-electron chi connectivity index (χ4n) is 1.78. The number of carbonyl (C=O) groups is 2. The quantitative estimate of drug-likeness (QED) is 0.724. The maximum Gasteiger partial charge on any atom is 0.410 e. The summed E-state index contributed by atoms with van der Waals surface area (Å²) in [4.78, 5) is 25.0. The lowest BCUT2D eigenvalue weighted by Crippen LogP contribution is -2.44. The van der Waals surface area contributed by atoms with Crippen molar-refractivity contribution in [3.63, 3.8) is 0 Å². The molecular formula is C14H25NO4. The first-order valence-corrected chi connectivity index (χ1v) is 6.87. The molecule has 0 atom stereocenters. The van der Waals surface area contributed by atoms with Crippen molar-refractivity contribution in [2.24, 2.45) is 5.92 Å². The third-order valence-corrected chi connectivity index (χ3v) is 2.85. The van der Waals surface area contributed by atoms with E-state index in [9.17, 15) is 9.59 Å². The monoisotopic (exact) mass is 271 g/mol. The summed E-state index contributed by atoms with van der Waals surface area (Å²) in [7, 11) is 0. The standard InChI is InChI=1S/C14H25NO4/c1-10(2)12(16)18-11-6-8-15(9-7-11)13(17)19-14(3,4)5/h10-11H,6-9H2,1-5H3. The highest BCUT2D eigenvalue weighted by Crippen LogP contribution is 2.18. The minimum Gasteiger partial charge on any atom is -0.462 e. The van der Waals surface area contributed by atoms with Gasteiger partial charge in [-0.25, -0.2) is 4.79 Å². The highest BCUT2D eigenvalue weighted by atomic mass is 16.6. The number of likely N-dealkylation sites (tertiary alicyclic amines) is 1. The van der Waals surface area contributed by atoms with Gasteiger partial charge in [0.05, 0.1) is 5.92 Å². The molecule has 19 heavy (non-hydrogen) atoms. The van der Waals surface area contributed by atoms with Gasteiger partial charge < -0.3 is 14.4 Å². The second-order valence-corrected chi connectivity index (χ2v) is 6.26. The molecule has 0 aliphatic carbocycles. The summed E-state index contributed by atoms with van der Waals surface area (Å²) in [6, 6.07) is 0. The Morgan fingerprint density at radius 3 is 2.11 bits per heavy atom. The number of esters is 1. The number of piperidine rings is 1. The van der Waals surface area contributed by atoms with Gasteiger partial charge in [-0.05, 0) is 20.8 Å². The Morgan fingerprint density at radius 1 is 1.16 bits per heavy atom. The second kappa shape index (κ2) is 6.26. The molecule has 1 rings (SSSR count). The van der Waals surface area contributed by atoms with Crippen LogP contribution >= 0.6 is 0 Å². The number of ether oxygens (including phenoxy) is 2. The van der Waals surface area contributed by atoms with Crippen LogP contribution in [0.15, 0.2) is 0 Å². The fraction of sp³-hybridized carbons (Fsp3) is 0.857. The second-order valence-electron chi connectivity index (χ2n) is 6.26. The molecule has 0 radical (unpaired) electrons. The summed E-state index contributed by atoms with van der Waals surface area (Å²) in [6.07, 6.45) is 0.991. The molecule has 0 aromatic heterocycles. The molecule has 110 valence electrons. The van der Waals surface area contributed by atoms with Crippen molar-refractivity contribution < 1.29 is 19.1 Å². The molecule has 1 aliphatic rings. The molecule has 5 heteroatoms. The minimum absolute atomic E-state index is 0.0754. The molecule has 5 nitrogen and oxygen atoms in total. The molecule has 0 aromatic carbocycles. The van der Waals surface area contributed by atoms with Crippen molar-refractivity contribution in [3.8, 4) is 0 Å². The van der Waals surface area contributed by atoms with Crippen molar-refractivity contribution in [3.05, 3.63) is 0 Å². The van der Waals surface area contributed by atoms with Crippen LogP contribution in [0.2, 0.25) is 0 Å². The zero-order valence-electron chi connectivity index (χ0n) is 12.6. The number of nitrogens with zero attached hydrogens (tertiary/aromatic N) is 1. The zero-order valence-corrected chi connectivity index (χ0v) is 12.6. The zero-order chi connectivity index (χ0) is 14.6. The van der Waals surface area contributed by atoms with Gasteiger partial charge in [-0.15, -0.1) is 0 Å². The lowest BCUT2D eigenvalue weighted by atomic mass is 10.1. The molecule has 0 unspecified atom stereocenters. The summed E-state index contributed by atoms with van der Waals surface area (Å²) < 4.78 is 10.7. The maximum atomic E-state index is 11.8. The van der Waals surface area contributed by atoms with E-state index in [1.165, 1.54) is 0 Å². The molecule has 0 saturated carbocycles. The Labute approximate surface area is 115 Å². The summed E-state index contributed by atoms with van der Waals surface area (Å²) in [6.45, 7) is 10.3. The van der Waals surface area contributed by atoms with Gasteiger partial charge in [0.25, 0.3) is 0 Å². The van der Waals surface area contributed by atoms with Crippen molar-refractivity contribution >= 4 is 12.1 Å². The lowest BCUT2D eigenvalue weighted by molar-refractivity contribution is -0.154. The van der Waals surface area contributed by atoms with E-state index < -0.39 is 5.60 Å². The van der Waals surface area contributed by atoms with Crippen molar-refractivity contribution in [1.82, 2.24) is 4.90 Å². The molecule has 0 aromatic rings. The number of carbonyl (C=O) groups excluding carboxylic acids is 2. The summed E-state index contributed by atoms with van der Waals surface area (Å²) in [5.41, 5.74) is -0.474. The number of amides is 1. The number of hydrogen-bond donors (Lipinski definition) is 0. The summed E-state index contributed by atoms with van der Waals surface area (Å²) >= 11 is 0. The topological polar surface area (TPSA) is 55.8 Å².